The number of aromatic nitrogens is 2. The summed E-state index contributed by atoms with van der Waals surface area (Å²) in [6.45, 7) is 1.64. The van der Waals surface area contributed by atoms with Crippen molar-refractivity contribution in [2.45, 2.75) is 22.9 Å². The summed E-state index contributed by atoms with van der Waals surface area (Å²) in [7, 11) is 4.20. The first-order chi connectivity index (χ1) is 12.8. The van der Waals surface area contributed by atoms with Crippen LogP contribution in [0.5, 0.6) is 11.8 Å². The normalized spacial score (nSPS) is 15.1. The van der Waals surface area contributed by atoms with Crippen LogP contribution < -0.4 is 20.3 Å². The van der Waals surface area contributed by atoms with Crippen molar-refractivity contribution < 1.29 is 27.8 Å². The fourth-order valence-electron chi connectivity index (χ4n) is 1.94. The third-order valence-corrected chi connectivity index (χ3v) is 5.53. The van der Waals surface area contributed by atoms with Crippen LogP contribution in [0.1, 0.15) is 6.92 Å². The zero-order chi connectivity index (χ0) is 20.4. The molecule has 1 aromatic heterocycles. The fourth-order valence-corrected chi connectivity index (χ4v) is 3.91. The maximum atomic E-state index is 12.7. The third kappa shape index (κ3) is 6.96. The molecule has 0 aromatic carbocycles. The van der Waals surface area contributed by atoms with Gasteiger partial charge in [-0.25, -0.2) is 9.63 Å². The highest BCUT2D eigenvalue weighted by molar-refractivity contribution is 8.00. The van der Waals surface area contributed by atoms with E-state index in [9.17, 15) is 13.6 Å². The molecule has 0 spiro atoms. The van der Waals surface area contributed by atoms with Crippen molar-refractivity contribution in [3.05, 3.63) is 6.07 Å². The van der Waals surface area contributed by atoms with Crippen molar-refractivity contribution in [3.63, 3.8) is 0 Å². The molecular weight excluding hydrogens is 396 g/mol. The molecule has 10 nitrogen and oxygen atoms in total. The van der Waals surface area contributed by atoms with Crippen LogP contribution in [0.4, 0.5) is 0 Å². The van der Waals surface area contributed by atoms with E-state index in [0.29, 0.717) is 0 Å². The molecule has 1 heterocycles. The number of amides is 1. The molecule has 0 saturated carbocycles. The quantitative estimate of drug-likeness (QED) is 0.111. The maximum Gasteiger partial charge on any atom is 0.250 e. The Morgan fingerprint density at radius 3 is 2.44 bits per heavy atom. The average Bonchev–Trinajstić information content (AvgIpc) is 2.65. The second-order valence-electron chi connectivity index (χ2n) is 5.26. The van der Waals surface area contributed by atoms with Crippen LogP contribution in [0.25, 0.3) is 0 Å². The molecule has 0 fully saturated rings. The van der Waals surface area contributed by atoms with Gasteiger partial charge in [0.1, 0.15) is 5.25 Å². The number of hydrogen-bond acceptors (Lipinski definition) is 9. The summed E-state index contributed by atoms with van der Waals surface area (Å²) in [4.78, 5) is 21.0. The van der Waals surface area contributed by atoms with Crippen LogP contribution in [-0.2, 0) is 20.6 Å². The first kappa shape index (κ1) is 23.1. The first-order valence-electron chi connectivity index (χ1n) is 7.52. The molecule has 12 heteroatoms. The van der Waals surface area contributed by atoms with Gasteiger partial charge in [0.2, 0.25) is 11.8 Å². The molecule has 0 radical (unpaired) electrons. The SMILES string of the molecule is C#CCNNC(=O)C(Sc1nc(OC)cc(OC)n1)C(C)(CS(=O)O)OC. The topological polar surface area (TPSA) is 132 Å². The van der Waals surface area contributed by atoms with E-state index >= 15 is 0 Å². The number of carbonyl (C=O) groups excluding carboxylic acids is 1. The van der Waals surface area contributed by atoms with Gasteiger partial charge in [0.05, 0.1) is 38.2 Å². The van der Waals surface area contributed by atoms with Crippen LogP contribution >= 0.6 is 11.8 Å². The van der Waals surface area contributed by atoms with E-state index in [4.69, 9.17) is 20.6 Å². The van der Waals surface area contributed by atoms with Gasteiger partial charge in [0.15, 0.2) is 16.2 Å². The zero-order valence-electron chi connectivity index (χ0n) is 15.3. The molecule has 1 amide bonds. The van der Waals surface area contributed by atoms with Gasteiger partial charge in [0, 0.05) is 7.11 Å². The molecule has 27 heavy (non-hydrogen) atoms. The predicted molar refractivity (Wildman–Crippen MR) is 101 cm³/mol. The second kappa shape index (κ2) is 11.1. The number of ether oxygens (including phenoxy) is 3. The Morgan fingerprint density at radius 1 is 1.41 bits per heavy atom. The monoisotopic (exact) mass is 418 g/mol. The number of terminal acetylenes is 1. The van der Waals surface area contributed by atoms with Crippen LogP contribution in [-0.4, -0.2) is 69.1 Å². The van der Waals surface area contributed by atoms with Gasteiger partial charge in [-0.3, -0.25) is 10.2 Å². The van der Waals surface area contributed by atoms with E-state index in [-0.39, 0.29) is 29.2 Å². The van der Waals surface area contributed by atoms with Gasteiger partial charge >= 0.3 is 0 Å². The number of thioether (sulfide) groups is 1. The van der Waals surface area contributed by atoms with Crippen molar-refractivity contribution in [3.8, 4) is 24.1 Å². The van der Waals surface area contributed by atoms with Crippen molar-refractivity contribution in [1.29, 1.82) is 0 Å². The van der Waals surface area contributed by atoms with E-state index in [2.05, 4.69) is 26.7 Å². The van der Waals surface area contributed by atoms with Crippen molar-refractivity contribution >= 4 is 28.7 Å². The van der Waals surface area contributed by atoms with Gasteiger partial charge in [-0.1, -0.05) is 17.7 Å². The smallest absolute Gasteiger partial charge is 0.250 e. The number of nitrogens with one attached hydrogen (secondary N) is 2. The average molecular weight is 418 g/mol. The maximum absolute atomic E-state index is 12.7. The first-order valence-corrected chi connectivity index (χ1v) is 9.67. The minimum Gasteiger partial charge on any atom is -0.481 e. The Bertz CT molecular complexity index is 692. The highest BCUT2D eigenvalue weighted by atomic mass is 32.2. The molecule has 0 saturated heterocycles. The third-order valence-electron chi connectivity index (χ3n) is 3.37. The molecule has 150 valence electrons. The molecule has 1 rings (SSSR count). The summed E-state index contributed by atoms with van der Waals surface area (Å²) in [5, 5.41) is -0.837. The highest BCUT2D eigenvalue weighted by Crippen LogP contribution is 2.33. The minimum absolute atomic E-state index is 0.0994. The second-order valence-corrected chi connectivity index (χ2v) is 7.27. The molecule has 0 aliphatic rings. The number of methoxy groups -OCH3 is 3. The number of nitrogens with zero attached hydrogens (tertiary/aromatic N) is 2. The van der Waals surface area contributed by atoms with E-state index in [0.717, 1.165) is 11.8 Å². The summed E-state index contributed by atoms with van der Waals surface area (Å²) < 4.78 is 36.3. The molecule has 0 aliphatic carbocycles. The lowest BCUT2D eigenvalue weighted by atomic mass is 10.0. The molecule has 1 aromatic rings. The summed E-state index contributed by atoms with van der Waals surface area (Å²) in [6, 6.07) is 1.48. The van der Waals surface area contributed by atoms with Gasteiger partial charge in [-0.15, -0.1) is 6.42 Å². The Labute approximate surface area is 164 Å². The van der Waals surface area contributed by atoms with E-state index in [1.54, 1.807) is 0 Å². The van der Waals surface area contributed by atoms with E-state index in [1.807, 2.05) is 0 Å². The van der Waals surface area contributed by atoms with Crippen LogP contribution in [0.3, 0.4) is 0 Å². The fraction of sp³-hybridized carbons (Fsp3) is 0.533. The molecule has 3 unspecified atom stereocenters. The Hall–Kier alpha value is -1.91. The molecule has 0 aliphatic heterocycles. The van der Waals surface area contributed by atoms with Gasteiger partial charge in [-0.2, -0.15) is 9.97 Å². The van der Waals surface area contributed by atoms with Crippen molar-refractivity contribution in [2.24, 2.45) is 0 Å². The van der Waals surface area contributed by atoms with Crippen LogP contribution in [0, 0.1) is 12.3 Å². The molecular formula is C15H22N4O6S2. The van der Waals surface area contributed by atoms with Gasteiger partial charge < -0.3 is 18.8 Å². The molecule has 0 bridgehead atoms. The Kier molecular flexibility index (Phi) is 9.47. The van der Waals surface area contributed by atoms with E-state index in [1.165, 1.54) is 34.3 Å². The number of rotatable bonds is 11. The van der Waals surface area contributed by atoms with Crippen LogP contribution in [0.15, 0.2) is 11.2 Å². The number of hydrogen-bond donors (Lipinski definition) is 3. The lowest BCUT2D eigenvalue weighted by Crippen LogP contribution is -2.54. The predicted octanol–water partition coefficient (Wildman–Crippen LogP) is -0.165. The Morgan fingerprint density at radius 2 is 2.00 bits per heavy atom. The lowest BCUT2D eigenvalue weighted by Gasteiger charge is -2.33. The Balaban J connectivity index is 3.22. The molecule has 3 N–H and O–H groups in total. The number of hydrazine groups is 1. The molecule has 3 atom stereocenters. The minimum atomic E-state index is -2.21. The van der Waals surface area contributed by atoms with Gasteiger partial charge in [0.25, 0.3) is 5.91 Å². The van der Waals surface area contributed by atoms with Crippen molar-refractivity contribution in [2.75, 3.05) is 33.6 Å². The summed E-state index contributed by atoms with van der Waals surface area (Å²) >= 11 is -1.28. The summed E-state index contributed by atoms with van der Waals surface area (Å²) in [5.41, 5.74) is 3.69. The zero-order valence-corrected chi connectivity index (χ0v) is 17.0. The van der Waals surface area contributed by atoms with E-state index < -0.39 is 27.8 Å². The standard InChI is InChI=1S/C15H22N4O6S2/c1-6-7-16-19-13(20)12(15(2,25-5)9-27(21)22)26-14-17-10(23-3)8-11(18-14)24-4/h1,8,12,16H,7,9H2,2-5H3,(H,19,20)(H,21,22). The largest absolute Gasteiger partial charge is 0.481 e. The van der Waals surface area contributed by atoms with Crippen molar-refractivity contribution in [1.82, 2.24) is 20.8 Å². The highest BCUT2D eigenvalue weighted by Gasteiger charge is 2.42. The van der Waals surface area contributed by atoms with Gasteiger partial charge in [-0.05, 0) is 6.92 Å². The summed E-state index contributed by atoms with van der Waals surface area (Å²) in [5.74, 6) is 1.94. The van der Waals surface area contributed by atoms with Crippen LogP contribution in [0.2, 0.25) is 0 Å². The lowest BCUT2D eigenvalue weighted by molar-refractivity contribution is -0.125. The summed E-state index contributed by atoms with van der Waals surface area (Å²) in [6.07, 6.45) is 5.14. The number of carbonyl (C=O) groups is 1.